The van der Waals surface area contributed by atoms with Gasteiger partial charge in [-0.15, -0.1) is 0 Å². The number of nitrogens with zero attached hydrogens (tertiary/aromatic N) is 2. The van der Waals surface area contributed by atoms with Crippen LogP contribution in [-0.4, -0.2) is 14.9 Å². The van der Waals surface area contributed by atoms with E-state index in [1.165, 1.54) is 0 Å². The van der Waals surface area contributed by atoms with Crippen LogP contribution in [0, 0.1) is 13.8 Å². The summed E-state index contributed by atoms with van der Waals surface area (Å²) < 4.78 is 1.73. The van der Waals surface area contributed by atoms with Gasteiger partial charge < -0.3 is 5.11 Å². The first-order valence-electron chi connectivity index (χ1n) is 5.33. The summed E-state index contributed by atoms with van der Waals surface area (Å²) in [6, 6.07) is 7.87. The van der Waals surface area contributed by atoms with E-state index in [9.17, 15) is 5.11 Å². The minimum Gasteiger partial charge on any atom is -0.384 e. The lowest BCUT2D eigenvalue weighted by molar-refractivity contribution is 0.218. The summed E-state index contributed by atoms with van der Waals surface area (Å²) in [6.07, 6.45) is 1.28. The quantitative estimate of drug-likeness (QED) is 0.835. The molecule has 1 aromatic heterocycles. The number of hydrogen-bond acceptors (Lipinski definition) is 2. The first kappa shape index (κ1) is 10.9. The van der Waals surface area contributed by atoms with Crippen LogP contribution in [0.4, 0.5) is 0 Å². The number of aliphatic hydroxyl groups is 1. The molecule has 0 bridgehead atoms. The molecule has 84 valence electrons. The van der Waals surface area contributed by atoms with Crippen molar-refractivity contribution in [2.24, 2.45) is 7.05 Å². The van der Waals surface area contributed by atoms with Gasteiger partial charge in [-0.05, 0) is 25.0 Å². The van der Waals surface area contributed by atoms with Crippen LogP contribution in [-0.2, 0) is 7.05 Å². The maximum atomic E-state index is 10.3. The highest BCUT2D eigenvalue weighted by Crippen LogP contribution is 2.26. The van der Waals surface area contributed by atoms with Gasteiger partial charge in [0.05, 0.1) is 5.69 Å². The standard InChI is InChI=1S/C13H16N2O/c1-9-6-4-5-7-11(9)13(16)12-8-15(3)14-10(12)2/h4-8,13,16H,1-3H3. The van der Waals surface area contributed by atoms with Crippen LogP contribution in [0.2, 0.25) is 0 Å². The minimum absolute atomic E-state index is 0.588. The first-order chi connectivity index (χ1) is 7.59. The molecule has 0 aliphatic rings. The fraction of sp³-hybridized carbons (Fsp3) is 0.308. The van der Waals surface area contributed by atoms with E-state index in [0.717, 1.165) is 22.4 Å². The predicted octanol–water partition coefficient (Wildman–Crippen LogP) is 2.12. The molecule has 0 aliphatic carbocycles. The van der Waals surface area contributed by atoms with Crippen molar-refractivity contribution in [3.05, 3.63) is 52.8 Å². The second-order valence-corrected chi connectivity index (χ2v) is 4.10. The Morgan fingerprint density at radius 3 is 2.44 bits per heavy atom. The summed E-state index contributed by atoms with van der Waals surface area (Å²) in [6.45, 7) is 3.92. The zero-order valence-electron chi connectivity index (χ0n) is 9.81. The number of aromatic nitrogens is 2. The molecule has 1 aromatic carbocycles. The second-order valence-electron chi connectivity index (χ2n) is 4.10. The van der Waals surface area contributed by atoms with E-state index in [4.69, 9.17) is 0 Å². The van der Waals surface area contributed by atoms with Crippen molar-refractivity contribution in [2.75, 3.05) is 0 Å². The van der Waals surface area contributed by atoms with Crippen LogP contribution in [0.3, 0.4) is 0 Å². The molecule has 1 atom stereocenters. The average molecular weight is 216 g/mol. The van der Waals surface area contributed by atoms with Crippen LogP contribution >= 0.6 is 0 Å². The van der Waals surface area contributed by atoms with E-state index in [2.05, 4.69) is 5.10 Å². The predicted molar refractivity (Wildman–Crippen MR) is 63.2 cm³/mol. The smallest absolute Gasteiger partial charge is 0.108 e. The summed E-state index contributed by atoms with van der Waals surface area (Å²) in [5, 5.41) is 14.6. The third-order valence-corrected chi connectivity index (χ3v) is 2.83. The normalized spacial score (nSPS) is 12.8. The molecule has 2 aromatic rings. The molecule has 0 radical (unpaired) electrons. The third-order valence-electron chi connectivity index (χ3n) is 2.83. The molecule has 1 heterocycles. The van der Waals surface area contributed by atoms with Crippen molar-refractivity contribution in [1.29, 1.82) is 0 Å². The van der Waals surface area contributed by atoms with Gasteiger partial charge in [0, 0.05) is 18.8 Å². The average Bonchev–Trinajstić information content (AvgIpc) is 2.58. The van der Waals surface area contributed by atoms with Gasteiger partial charge in [0.1, 0.15) is 6.10 Å². The Bertz CT molecular complexity index is 502. The van der Waals surface area contributed by atoms with Crippen molar-refractivity contribution in [2.45, 2.75) is 20.0 Å². The van der Waals surface area contributed by atoms with Crippen molar-refractivity contribution in [1.82, 2.24) is 9.78 Å². The fourth-order valence-corrected chi connectivity index (χ4v) is 1.95. The molecule has 0 fully saturated rings. The molecule has 1 unspecified atom stereocenters. The minimum atomic E-state index is -0.588. The number of benzene rings is 1. The summed E-state index contributed by atoms with van der Waals surface area (Å²) in [5.41, 5.74) is 3.78. The monoisotopic (exact) mass is 216 g/mol. The van der Waals surface area contributed by atoms with Crippen LogP contribution in [0.5, 0.6) is 0 Å². The van der Waals surface area contributed by atoms with Gasteiger partial charge in [0.15, 0.2) is 0 Å². The van der Waals surface area contributed by atoms with Crippen LogP contribution in [0.15, 0.2) is 30.5 Å². The van der Waals surface area contributed by atoms with Crippen molar-refractivity contribution in [3.8, 4) is 0 Å². The fourth-order valence-electron chi connectivity index (χ4n) is 1.95. The Kier molecular flexibility index (Phi) is 2.79. The lowest BCUT2D eigenvalue weighted by atomic mass is 9.98. The second kappa shape index (κ2) is 4.10. The zero-order chi connectivity index (χ0) is 11.7. The Balaban J connectivity index is 2.43. The van der Waals surface area contributed by atoms with E-state index in [1.54, 1.807) is 4.68 Å². The van der Waals surface area contributed by atoms with E-state index in [1.807, 2.05) is 51.4 Å². The Labute approximate surface area is 95.3 Å². The SMILES string of the molecule is Cc1ccccc1C(O)c1cn(C)nc1C. The molecule has 0 aliphatic heterocycles. The van der Waals surface area contributed by atoms with Gasteiger partial charge in [-0.1, -0.05) is 24.3 Å². The van der Waals surface area contributed by atoms with Gasteiger partial charge in [-0.25, -0.2) is 0 Å². The summed E-state index contributed by atoms with van der Waals surface area (Å²) >= 11 is 0. The van der Waals surface area contributed by atoms with Crippen molar-refractivity contribution >= 4 is 0 Å². The summed E-state index contributed by atoms with van der Waals surface area (Å²) in [7, 11) is 1.86. The van der Waals surface area contributed by atoms with Crippen LogP contribution < -0.4 is 0 Å². The zero-order valence-corrected chi connectivity index (χ0v) is 9.81. The molecule has 16 heavy (non-hydrogen) atoms. The lowest BCUT2D eigenvalue weighted by Crippen LogP contribution is -2.02. The van der Waals surface area contributed by atoms with Crippen molar-refractivity contribution in [3.63, 3.8) is 0 Å². The molecule has 3 heteroatoms. The topological polar surface area (TPSA) is 38.0 Å². The van der Waals surface area contributed by atoms with Gasteiger partial charge in [0.2, 0.25) is 0 Å². The van der Waals surface area contributed by atoms with Crippen LogP contribution in [0.1, 0.15) is 28.5 Å². The largest absolute Gasteiger partial charge is 0.384 e. The third kappa shape index (κ3) is 1.86. The maximum absolute atomic E-state index is 10.3. The summed E-state index contributed by atoms with van der Waals surface area (Å²) in [4.78, 5) is 0. The Hall–Kier alpha value is -1.61. The van der Waals surface area contributed by atoms with E-state index in [0.29, 0.717) is 0 Å². The lowest BCUT2D eigenvalue weighted by Gasteiger charge is -2.12. The molecule has 0 saturated carbocycles. The summed E-state index contributed by atoms with van der Waals surface area (Å²) in [5.74, 6) is 0. The van der Waals surface area contributed by atoms with Crippen LogP contribution in [0.25, 0.3) is 0 Å². The highest BCUT2D eigenvalue weighted by molar-refractivity contribution is 5.35. The molecule has 0 spiro atoms. The number of hydrogen-bond donors (Lipinski definition) is 1. The van der Waals surface area contributed by atoms with Gasteiger partial charge in [-0.3, -0.25) is 4.68 Å². The molecule has 1 N–H and O–H groups in total. The molecule has 3 nitrogen and oxygen atoms in total. The first-order valence-corrected chi connectivity index (χ1v) is 5.33. The van der Waals surface area contributed by atoms with E-state index < -0.39 is 6.10 Å². The van der Waals surface area contributed by atoms with Gasteiger partial charge >= 0.3 is 0 Å². The van der Waals surface area contributed by atoms with E-state index >= 15 is 0 Å². The molecule has 0 saturated heterocycles. The highest BCUT2D eigenvalue weighted by atomic mass is 16.3. The molecular weight excluding hydrogens is 200 g/mol. The molecule has 2 rings (SSSR count). The number of aliphatic hydroxyl groups excluding tert-OH is 1. The Morgan fingerprint density at radius 2 is 1.88 bits per heavy atom. The molecular formula is C13H16N2O. The van der Waals surface area contributed by atoms with Gasteiger partial charge in [0.25, 0.3) is 0 Å². The van der Waals surface area contributed by atoms with Crippen molar-refractivity contribution < 1.29 is 5.11 Å². The maximum Gasteiger partial charge on any atom is 0.108 e. The molecule has 0 amide bonds. The van der Waals surface area contributed by atoms with Gasteiger partial charge in [-0.2, -0.15) is 5.10 Å². The van der Waals surface area contributed by atoms with E-state index in [-0.39, 0.29) is 0 Å². The Morgan fingerprint density at radius 1 is 1.19 bits per heavy atom. The number of rotatable bonds is 2. The highest BCUT2D eigenvalue weighted by Gasteiger charge is 2.16. The number of aryl methyl sites for hydroxylation is 3.